The first-order valence-electron chi connectivity index (χ1n) is 8.50. The predicted molar refractivity (Wildman–Crippen MR) is 104 cm³/mol. The summed E-state index contributed by atoms with van der Waals surface area (Å²) in [7, 11) is 0. The summed E-state index contributed by atoms with van der Waals surface area (Å²) in [5.74, 6) is -0.220. The van der Waals surface area contributed by atoms with Crippen molar-refractivity contribution in [1.29, 1.82) is 5.26 Å². The Labute approximate surface area is 156 Å². The number of hydrogen-bond donors (Lipinski definition) is 1. The summed E-state index contributed by atoms with van der Waals surface area (Å²) in [6.45, 7) is 2.03. The summed E-state index contributed by atoms with van der Waals surface area (Å²) in [6.07, 6.45) is 3.94. The molecule has 0 spiro atoms. The van der Waals surface area contributed by atoms with Crippen molar-refractivity contribution < 1.29 is 4.79 Å². The summed E-state index contributed by atoms with van der Waals surface area (Å²) >= 11 is 0. The molecule has 1 N–H and O–H groups in total. The number of benzene rings is 2. The standard InChI is InChI=1S/C22H16N4O/c1-15-4-3-11-26-14-20(25-21(15)26)18-5-2-6-19(12-18)24-22(27)17-9-7-16(13-23)8-10-17/h2-12,14H,1H3,(H,24,27). The highest BCUT2D eigenvalue weighted by Gasteiger charge is 2.09. The van der Waals surface area contributed by atoms with Gasteiger partial charge in [0.05, 0.1) is 17.3 Å². The second kappa shape index (κ2) is 6.77. The minimum absolute atomic E-state index is 0.220. The van der Waals surface area contributed by atoms with Crippen LogP contribution in [0.25, 0.3) is 16.9 Å². The summed E-state index contributed by atoms with van der Waals surface area (Å²) in [4.78, 5) is 17.1. The molecule has 1 amide bonds. The van der Waals surface area contributed by atoms with Crippen LogP contribution in [0.15, 0.2) is 73.1 Å². The van der Waals surface area contributed by atoms with Gasteiger partial charge in [-0.2, -0.15) is 5.26 Å². The van der Waals surface area contributed by atoms with Gasteiger partial charge in [0.1, 0.15) is 5.65 Å². The number of carbonyl (C=O) groups excluding carboxylic acids is 1. The van der Waals surface area contributed by atoms with Crippen LogP contribution in [0.5, 0.6) is 0 Å². The third-order valence-corrected chi connectivity index (χ3v) is 4.37. The zero-order valence-corrected chi connectivity index (χ0v) is 14.7. The van der Waals surface area contributed by atoms with Gasteiger partial charge in [-0.15, -0.1) is 0 Å². The van der Waals surface area contributed by atoms with Crippen LogP contribution in [0.4, 0.5) is 5.69 Å². The van der Waals surface area contributed by atoms with Crippen molar-refractivity contribution in [2.45, 2.75) is 6.92 Å². The van der Waals surface area contributed by atoms with Gasteiger partial charge in [0.2, 0.25) is 0 Å². The summed E-state index contributed by atoms with van der Waals surface area (Å²) in [6, 6.07) is 20.2. The van der Waals surface area contributed by atoms with E-state index in [1.165, 1.54) is 0 Å². The van der Waals surface area contributed by atoms with E-state index in [1.54, 1.807) is 24.3 Å². The van der Waals surface area contributed by atoms with E-state index in [0.717, 1.165) is 22.5 Å². The fraction of sp³-hybridized carbons (Fsp3) is 0.0455. The van der Waals surface area contributed by atoms with Crippen LogP contribution in [0, 0.1) is 18.3 Å². The summed E-state index contributed by atoms with van der Waals surface area (Å²) in [5, 5.41) is 11.7. The second-order valence-corrected chi connectivity index (χ2v) is 6.27. The van der Waals surface area contributed by atoms with Crippen LogP contribution in [-0.2, 0) is 0 Å². The highest BCUT2D eigenvalue weighted by Crippen LogP contribution is 2.23. The molecule has 0 aliphatic carbocycles. The van der Waals surface area contributed by atoms with Crippen molar-refractivity contribution in [2.24, 2.45) is 0 Å². The molecule has 2 aromatic heterocycles. The van der Waals surface area contributed by atoms with Gasteiger partial charge in [-0.1, -0.05) is 18.2 Å². The Hall–Kier alpha value is -3.91. The molecular formula is C22H16N4O. The maximum atomic E-state index is 12.4. The lowest BCUT2D eigenvalue weighted by Gasteiger charge is -2.07. The lowest BCUT2D eigenvalue weighted by molar-refractivity contribution is 0.102. The van der Waals surface area contributed by atoms with E-state index >= 15 is 0 Å². The number of fused-ring (bicyclic) bond motifs is 1. The number of amides is 1. The van der Waals surface area contributed by atoms with Crippen LogP contribution in [0.3, 0.4) is 0 Å². The molecule has 0 aliphatic rings. The highest BCUT2D eigenvalue weighted by molar-refractivity contribution is 6.04. The zero-order chi connectivity index (χ0) is 18.8. The molecule has 5 nitrogen and oxygen atoms in total. The fourth-order valence-electron chi connectivity index (χ4n) is 2.95. The number of pyridine rings is 1. The van der Waals surface area contributed by atoms with Gasteiger partial charge in [0.25, 0.3) is 5.91 Å². The minimum Gasteiger partial charge on any atom is -0.322 e. The molecule has 0 radical (unpaired) electrons. The molecule has 0 fully saturated rings. The lowest BCUT2D eigenvalue weighted by atomic mass is 10.1. The quantitative estimate of drug-likeness (QED) is 0.593. The highest BCUT2D eigenvalue weighted by atomic mass is 16.1. The van der Waals surface area contributed by atoms with E-state index in [1.807, 2.05) is 66.2 Å². The van der Waals surface area contributed by atoms with Gasteiger partial charge in [0.15, 0.2) is 0 Å². The Balaban J connectivity index is 1.60. The maximum absolute atomic E-state index is 12.4. The first-order valence-corrected chi connectivity index (χ1v) is 8.50. The number of nitriles is 1. The van der Waals surface area contributed by atoms with E-state index in [4.69, 9.17) is 10.2 Å². The van der Waals surface area contributed by atoms with E-state index in [2.05, 4.69) is 5.32 Å². The number of hydrogen-bond acceptors (Lipinski definition) is 3. The Kier molecular flexibility index (Phi) is 4.15. The van der Waals surface area contributed by atoms with E-state index in [9.17, 15) is 4.79 Å². The molecule has 130 valence electrons. The van der Waals surface area contributed by atoms with Gasteiger partial charge in [-0.3, -0.25) is 4.79 Å². The molecule has 0 saturated heterocycles. The van der Waals surface area contributed by atoms with Crippen molar-refractivity contribution in [1.82, 2.24) is 9.38 Å². The number of rotatable bonds is 3. The molecular weight excluding hydrogens is 336 g/mol. The molecule has 27 heavy (non-hydrogen) atoms. The maximum Gasteiger partial charge on any atom is 0.255 e. The molecule has 4 rings (SSSR count). The summed E-state index contributed by atoms with van der Waals surface area (Å²) in [5.41, 5.74) is 5.51. The molecule has 5 heteroatoms. The van der Waals surface area contributed by atoms with Gasteiger partial charge >= 0.3 is 0 Å². The first-order chi connectivity index (χ1) is 13.1. The number of nitrogens with one attached hydrogen (secondary N) is 1. The number of aryl methyl sites for hydroxylation is 1. The molecule has 0 bridgehead atoms. The van der Waals surface area contributed by atoms with Gasteiger partial charge in [-0.25, -0.2) is 4.98 Å². The first kappa shape index (κ1) is 16.6. The Morgan fingerprint density at radius 3 is 2.67 bits per heavy atom. The normalized spacial score (nSPS) is 10.5. The van der Waals surface area contributed by atoms with E-state index < -0.39 is 0 Å². The van der Waals surface area contributed by atoms with Crippen LogP contribution in [-0.4, -0.2) is 15.3 Å². The van der Waals surface area contributed by atoms with E-state index in [-0.39, 0.29) is 5.91 Å². The predicted octanol–water partition coefficient (Wildman–Crippen LogP) is 4.43. The number of nitrogens with zero attached hydrogens (tertiary/aromatic N) is 3. The van der Waals surface area contributed by atoms with Gasteiger partial charge < -0.3 is 9.72 Å². The second-order valence-electron chi connectivity index (χ2n) is 6.27. The number of anilines is 1. The van der Waals surface area contributed by atoms with E-state index in [0.29, 0.717) is 16.8 Å². The van der Waals surface area contributed by atoms with Crippen LogP contribution in [0.2, 0.25) is 0 Å². The third-order valence-electron chi connectivity index (χ3n) is 4.37. The average molecular weight is 352 g/mol. The smallest absolute Gasteiger partial charge is 0.255 e. The Morgan fingerprint density at radius 1 is 1.11 bits per heavy atom. The van der Waals surface area contributed by atoms with Crippen molar-refractivity contribution in [3.05, 3.63) is 89.7 Å². The van der Waals surface area contributed by atoms with Crippen LogP contribution >= 0.6 is 0 Å². The van der Waals surface area contributed by atoms with Crippen molar-refractivity contribution in [3.8, 4) is 17.3 Å². The van der Waals surface area contributed by atoms with Crippen LogP contribution < -0.4 is 5.32 Å². The zero-order valence-electron chi connectivity index (χ0n) is 14.7. The molecule has 2 heterocycles. The monoisotopic (exact) mass is 352 g/mol. The number of imidazole rings is 1. The van der Waals surface area contributed by atoms with Crippen molar-refractivity contribution >= 4 is 17.2 Å². The Morgan fingerprint density at radius 2 is 1.93 bits per heavy atom. The van der Waals surface area contributed by atoms with Gasteiger partial charge in [0, 0.05) is 29.2 Å². The van der Waals surface area contributed by atoms with Crippen molar-refractivity contribution in [3.63, 3.8) is 0 Å². The van der Waals surface area contributed by atoms with Crippen molar-refractivity contribution in [2.75, 3.05) is 5.32 Å². The summed E-state index contributed by atoms with van der Waals surface area (Å²) < 4.78 is 1.99. The lowest BCUT2D eigenvalue weighted by Crippen LogP contribution is -2.11. The average Bonchev–Trinajstić information content (AvgIpc) is 3.14. The largest absolute Gasteiger partial charge is 0.322 e. The molecule has 2 aromatic carbocycles. The Bertz CT molecular complexity index is 1180. The molecule has 0 aliphatic heterocycles. The third kappa shape index (κ3) is 3.29. The molecule has 0 saturated carbocycles. The van der Waals surface area contributed by atoms with Gasteiger partial charge in [-0.05, 0) is 55.0 Å². The SMILES string of the molecule is Cc1cccn2cc(-c3cccc(NC(=O)c4ccc(C#N)cc4)c3)nc12. The van der Waals surface area contributed by atoms with Crippen LogP contribution in [0.1, 0.15) is 21.5 Å². The molecule has 0 atom stereocenters. The minimum atomic E-state index is -0.220. The number of carbonyl (C=O) groups is 1. The molecule has 0 unspecified atom stereocenters. The topological polar surface area (TPSA) is 70.2 Å². The fourth-order valence-corrected chi connectivity index (χ4v) is 2.95. The number of aromatic nitrogens is 2. The molecule has 4 aromatic rings.